The summed E-state index contributed by atoms with van der Waals surface area (Å²) in [6.45, 7) is 2.63. The number of carbonyl (C=O) groups is 1. The molecule has 8 heteroatoms. The number of ether oxygens (including phenoxy) is 1. The largest absolute Gasteiger partial charge is 0.416 e. The molecule has 5 nitrogen and oxygen atoms in total. The van der Waals surface area contributed by atoms with E-state index in [1.54, 1.807) is 17.9 Å². The quantitative estimate of drug-likeness (QED) is 0.842. The molecule has 0 spiro atoms. The third-order valence-corrected chi connectivity index (χ3v) is 3.81. The molecule has 0 aliphatic carbocycles. The summed E-state index contributed by atoms with van der Waals surface area (Å²) in [4.78, 5) is 13.9. The SMILES string of the molecule is Cc1cc(C(=O)N2CCO[C@@H](c3ccc(C(F)(F)F)cc3)C2)no1. The van der Waals surface area contributed by atoms with Crippen LogP contribution in [-0.2, 0) is 10.9 Å². The van der Waals surface area contributed by atoms with E-state index in [-0.39, 0.29) is 18.1 Å². The lowest BCUT2D eigenvalue weighted by atomic mass is 10.0. The number of aromatic nitrogens is 1. The molecule has 1 fully saturated rings. The predicted octanol–water partition coefficient (Wildman–Crippen LogP) is 3.22. The zero-order valence-electron chi connectivity index (χ0n) is 12.8. The number of halogens is 3. The number of alkyl halides is 3. The molecule has 0 bridgehead atoms. The summed E-state index contributed by atoms with van der Waals surface area (Å²) < 4.78 is 48.3. The van der Waals surface area contributed by atoms with E-state index in [9.17, 15) is 18.0 Å². The molecule has 1 aromatic heterocycles. The van der Waals surface area contributed by atoms with Crippen LogP contribution in [0.1, 0.15) is 33.5 Å². The summed E-state index contributed by atoms with van der Waals surface area (Å²) >= 11 is 0. The Labute approximate surface area is 136 Å². The van der Waals surface area contributed by atoms with Gasteiger partial charge in [0.1, 0.15) is 11.9 Å². The molecule has 1 atom stereocenters. The fourth-order valence-electron chi connectivity index (χ4n) is 2.55. The minimum atomic E-state index is -4.38. The zero-order chi connectivity index (χ0) is 17.3. The van der Waals surface area contributed by atoms with Crippen LogP contribution < -0.4 is 0 Å². The highest BCUT2D eigenvalue weighted by molar-refractivity contribution is 5.92. The van der Waals surface area contributed by atoms with Crippen LogP contribution in [0.15, 0.2) is 34.9 Å². The molecular formula is C16H15F3N2O3. The van der Waals surface area contributed by atoms with Crippen LogP contribution >= 0.6 is 0 Å². The Hall–Kier alpha value is -2.35. The monoisotopic (exact) mass is 340 g/mol. The van der Waals surface area contributed by atoms with E-state index in [1.165, 1.54) is 12.1 Å². The van der Waals surface area contributed by atoms with Crippen molar-refractivity contribution in [3.8, 4) is 0 Å². The normalized spacial score (nSPS) is 18.7. The molecule has 24 heavy (non-hydrogen) atoms. The Morgan fingerprint density at radius 1 is 1.29 bits per heavy atom. The van der Waals surface area contributed by atoms with Gasteiger partial charge in [-0.05, 0) is 24.6 Å². The van der Waals surface area contributed by atoms with E-state index in [0.29, 0.717) is 24.5 Å². The van der Waals surface area contributed by atoms with E-state index >= 15 is 0 Å². The maximum absolute atomic E-state index is 12.6. The van der Waals surface area contributed by atoms with Crippen molar-refractivity contribution in [2.75, 3.05) is 19.7 Å². The van der Waals surface area contributed by atoms with Crippen molar-refractivity contribution in [3.63, 3.8) is 0 Å². The summed E-state index contributed by atoms with van der Waals surface area (Å²) in [5, 5.41) is 3.70. The second-order valence-corrected chi connectivity index (χ2v) is 5.55. The maximum atomic E-state index is 12.6. The number of benzene rings is 1. The lowest BCUT2D eigenvalue weighted by molar-refractivity contribution is -0.137. The zero-order valence-corrected chi connectivity index (χ0v) is 12.8. The van der Waals surface area contributed by atoms with E-state index in [1.807, 2.05) is 0 Å². The molecule has 1 aromatic carbocycles. The molecular weight excluding hydrogens is 325 g/mol. The third kappa shape index (κ3) is 3.43. The van der Waals surface area contributed by atoms with Crippen molar-refractivity contribution >= 4 is 5.91 Å². The highest BCUT2D eigenvalue weighted by Gasteiger charge is 2.31. The molecule has 2 heterocycles. The number of rotatable bonds is 2. The molecule has 1 aliphatic rings. The number of carbonyl (C=O) groups excluding carboxylic acids is 1. The smallest absolute Gasteiger partial charge is 0.370 e. The van der Waals surface area contributed by atoms with Gasteiger partial charge in [0.05, 0.1) is 18.7 Å². The fourth-order valence-corrected chi connectivity index (χ4v) is 2.55. The first-order valence-corrected chi connectivity index (χ1v) is 7.36. The molecule has 0 N–H and O–H groups in total. The summed E-state index contributed by atoms with van der Waals surface area (Å²) in [5.74, 6) is 0.248. The first kappa shape index (κ1) is 16.5. The van der Waals surface area contributed by atoms with Crippen molar-refractivity contribution in [1.82, 2.24) is 10.1 Å². The van der Waals surface area contributed by atoms with E-state index in [2.05, 4.69) is 5.16 Å². The lowest BCUT2D eigenvalue weighted by Gasteiger charge is -2.32. The number of hydrogen-bond donors (Lipinski definition) is 0. The van der Waals surface area contributed by atoms with Crippen LogP contribution in [-0.4, -0.2) is 35.7 Å². The van der Waals surface area contributed by atoms with Crippen molar-refractivity contribution in [2.24, 2.45) is 0 Å². The Morgan fingerprint density at radius 2 is 2.00 bits per heavy atom. The maximum Gasteiger partial charge on any atom is 0.416 e. The first-order chi connectivity index (χ1) is 11.3. The summed E-state index contributed by atoms with van der Waals surface area (Å²) in [6, 6.07) is 6.33. The van der Waals surface area contributed by atoms with Crippen molar-refractivity contribution < 1.29 is 27.2 Å². The highest BCUT2D eigenvalue weighted by atomic mass is 19.4. The number of morpholine rings is 1. The third-order valence-electron chi connectivity index (χ3n) is 3.81. The van der Waals surface area contributed by atoms with Crippen molar-refractivity contribution in [3.05, 3.63) is 52.9 Å². The highest BCUT2D eigenvalue weighted by Crippen LogP contribution is 2.31. The molecule has 0 radical (unpaired) electrons. The van der Waals surface area contributed by atoms with Crippen LogP contribution in [0.25, 0.3) is 0 Å². The average molecular weight is 340 g/mol. The first-order valence-electron chi connectivity index (χ1n) is 7.36. The number of hydrogen-bond acceptors (Lipinski definition) is 4. The van der Waals surface area contributed by atoms with Gasteiger partial charge in [-0.3, -0.25) is 4.79 Å². The number of nitrogens with zero attached hydrogens (tertiary/aromatic N) is 2. The Kier molecular flexibility index (Phi) is 4.31. The van der Waals surface area contributed by atoms with Crippen LogP contribution in [0.4, 0.5) is 13.2 Å². The second kappa shape index (κ2) is 6.27. The molecule has 128 valence electrons. The fraction of sp³-hybridized carbons (Fsp3) is 0.375. The minimum Gasteiger partial charge on any atom is -0.370 e. The van der Waals surface area contributed by atoms with Gasteiger partial charge >= 0.3 is 6.18 Å². The molecule has 1 aliphatic heterocycles. The van der Waals surface area contributed by atoms with Gasteiger partial charge in [0.2, 0.25) is 0 Å². The van der Waals surface area contributed by atoms with Gasteiger partial charge in [-0.15, -0.1) is 0 Å². The van der Waals surface area contributed by atoms with Crippen LogP contribution in [0.5, 0.6) is 0 Å². The second-order valence-electron chi connectivity index (χ2n) is 5.55. The molecule has 1 saturated heterocycles. The Morgan fingerprint density at radius 3 is 2.58 bits per heavy atom. The minimum absolute atomic E-state index is 0.209. The van der Waals surface area contributed by atoms with Crippen molar-refractivity contribution in [1.29, 1.82) is 0 Å². The number of aryl methyl sites for hydroxylation is 1. The standard InChI is InChI=1S/C16H15F3N2O3/c1-10-8-13(20-24-10)15(22)21-6-7-23-14(9-21)11-2-4-12(5-3-11)16(17,18)19/h2-5,8,14H,6-7,9H2,1H3/t14-/m1/s1. The van der Waals surface area contributed by atoms with E-state index in [4.69, 9.17) is 9.26 Å². The van der Waals surface area contributed by atoms with Gasteiger partial charge in [-0.25, -0.2) is 0 Å². The summed E-state index contributed by atoms with van der Waals surface area (Å²) in [6.07, 6.45) is -4.85. The van der Waals surface area contributed by atoms with Gasteiger partial charge in [-0.2, -0.15) is 13.2 Å². The van der Waals surface area contributed by atoms with Crippen LogP contribution in [0.2, 0.25) is 0 Å². The molecule has 1 amide bonds. The van der Waals surface area contributed by atoms with E-state index < -0.39 is 17.8 Å². The topological polar surface area (TPSA) is 55.6 Å². The van der Waals surface area contributed by atoms with Gasteiger partial charge in [0.15, 0.2) is 5.69 Å². The van der Waals surface area contributed by atoms with Gasteiger partial charge < -0.3 is 14.2 Å². The van der Waals surface area contributed by atoms with Crippen LogP contribution in [0, 0.1) is 6.92 Å². The summed E-state index contributed by atoms with van der Waals surface area (Å²) in [7, 11) is 0. The predicted molar refractivity (Wildman–Crippen MR) is 77.3 cm³/mol. The van der Waals surface area contributed by atoms with E-state index in [0.717, 1.165) is 12.1 Å². The van der Waals surface area contributed by atoms with Gasteiger partial charge in [-0.1, -0.05) is 17.3 Å². The average Bonchev–Trinajstić information content (AvgIpc) is 3.00. The van der Waals surface area contributed by atoms with Crippen molar-refractivity contribution in [2.45, 2.75) is 19.2 Å². The van der Waals surface area contributed by atoms with Gasteiger partial charge in [0, 0.05) is 12.6 Å². The Bertz CT molecular complexity index is 725. The molecule has 0 unspecified atom stereocenters. The lowest BCUT2D eigenvalue weighted by Crippen LogP contribution is -2.42. The number of amides is 1. The van der Waals surface area contributed by atoms with Gasteiger partial charge in [0.25, 0.3) is 5.91 Å². The molecule has 3 rings (SSSR count). The van der Waals surface area contributed by atoms with Crippen LogP contribution in [0.3, 0.4) is 0 Å². The summed E-state index contributed by atoms with van der Waals surface area (Å²) in [5.41, 5.74) is 0.0884. The molecule has 0 saturated carbocycles. The molecule has 2 aromatic rings. The Balaban J connectivity index is 1.72.